The molecule has 1 rings (SSSR count). The van der Waals surface area contributed by atoms with E-state index < -0.39 is 46.9 Å². The molecule has 0 aliphatic heterocycles. The Hall–Kier alpha value is -0.907. The maximum absolute atomic E-state index is 10.7. The monoisotopic (exact) mass is 747 g/mol. The van der Waals surface area contributed by atoms with Gasteiger partial charge in [-0.1, -0.05) is 0 Å². The van der Waals surface area contributed by atoms with Crippen LogP contribution in [0.5, 0.6) is 0 Å². The topological polar surface area (TPSA) is 350 Å². The Labute approximate surface area is 224 Å². The van der Waals surface area contributed by atoms with E-state index in [2.05, 4.69) is 18.6 Å². The summed E-state index contributed by atoms with van der Waals surface area (Å²) in [6, 6.07) is 0. The van der Waals surface area contributed by atoms with Crippen molar-refractivity contribution in [1.29, 1.82) is 0 Å². The summed E-state index contributed by atoms with van der Waals surface area (Å²) in [6.07, 6.45) is 7.62. The van der Waals surface area contributed by atoms with E-state index in [1.807, 2.05) is 0 Å². The molecule has 38 heavy (non-hydrogen) atoms. The molecular formula is C10H28F9N5O10RuS3. The Bertz CT molecular complexity index is 812. The van der Waals surface area contributed by atoms with E-state index in [0.717, 1.165) is 13.0 Å². The molecule has 0 aromatic heterocycles. The van der Waals surface area contributed by atoms with Gasteiger partial charge in [0.2, 0.25) is 0 Å². The van der Waals surface area contributed by atoms with Gasteiger partial charge in [-0.2, -0.15) is 56.3 Å². The minimum absolute atomic E-state index is 0. The number of rotatable bonds is 2. The van der Waals surface area contributed by atoms with Crippen LogP contribution in [0.15, 0.2) is 12.2 Å². The summed E-state index contributed by atoms with van der Waals surface area (Å²) in [6.45, 7) is 0.868. The first kappa shape index (κ1) is 61.2. The Kier molecular flexibility index (Phi) is 36.8. The van der Waals surface area contributed by atoms with Crippen molar-refractivity contribution in [2.45, 2.75) is 22.9 Å². The van der Waals surface area contributed by atoms with Gasteiger partial charge in [0.25, 0.3) is 0 Å². The van der Waals surface area contributed by atoms with Crippen LogP contribution in [0.3, 0.4) is 0 Å². The van der Waals surface area contributed by atoms with Crippen LogP contribution in [0.1, 0.15) is 6.42 Å². The third kappa shape index (κ3) is 31.3. The van der Waals surface area contributed by atoms with Crippen LogP contribution in [0.4, 0.5) is 39.5 Å². The summed E-state index contributed by atoms with van der Waals surface area (Å²) < 4.78 is 179. The third-order valence-corrected chi connectivity index (χ3v) is 3.94. The first-order valence-corrected chi connectivity index (χ1v) is 11.1. The second kappa shape index (κ2) is 22.9. The summed E-state index contributed by atoms with van der Waals surface area (Å²) in [7, 11) is -16.0. The fourth-order valence-electron chi connectivity index (χ4n) is 0.905. The van der Waals surface area contributed by atoms with E-state index in [1.54, 1.807) is 7.11 Å². The second-order valence-corrected chi connectivity index (χ2v) is 9.01. The normalized spacial score (nSPS) is 14.3. The number of hydrogen-bond donors (Lipinski definition) is 7. The fraction of sp³-hybridized carbons (Fsp3) is 0.700. The van der Waals surface area contributed by atoms with Crippen LogP contribution in [-0.2, 0) is 54.6 Å². The number of methoxy groups -OCH3 is 1. The second-order valence-electron chi connectivity index (χ2n) is 4.81. The van der Waals surface area contributed by atoms with E-state index in [4.69, 9.17) is 43.6 Å². The number of ether oxygens (including phenoxy) is 1. The van der Waals surface area contributed by atoms with E-state index in [-0.39, 0.29) is 50.2 Å². The van der Waals surface area contributed by atoms with Crippen LogP contribution in [0.25, 0.3) is 0 Å². The molecule has 17 N–H and O–H groups in total. The molecule has 0 aromatic rings. The van der Waals surface area contributed by atoms with Crippen LogP contribution >= 0.6 is 0 Å². The van der Waals surface area contributed by atoms with Crippen LogP contribution in [0.2, 0.25) is 0 Å². The molecule has 1 unspecified atom stereocenters. The number of hydrogen-bond acceptors (Lipinski definition) is 13. The Morgan fingerprint density at radius 3 is 1.13 bits per heavy atom. The molecule has 0 heterocycles. The summed E-state index contributed by atoms with van der Waals surface area (Å²) in [5.74, 6) is 0.653. The van der Waals surface area contributed by atoms with Crippen LogP contribution in [-0.4, -0.2) is 69.2 Å². The molecule has 0 aromatic carbocycles. The van der Waals surface area contributed by atoms with Crippen molar-refractivity contribution >= 4 is 30.4 Å². The molecule has 1 atom stereocenters. The van der Waals surface area contributed by atoms with Crippen LogP contribution in [0, 0.1) is 12.3 Å². The number of halogens is 9. The largest absolute Gasteiger partial charge is 0.741 e. The molecule has 0 saturated carbocycles. The molecular weight excluding hydrogens is 718 g/mol. The first-order valence-electron chi connectivity index (χ1n) is 6.77. The smallest absolute Gasteiger partial charge is 0.522 e. The summed E-state index contributed by atoms with van der Waals surface area (Å²) in [5.41, 5.74) is -16.7. The minimum atomic E-state index is -6.09. The molecule has 0 spiro atoms. The Morgan fingerprint density at radius 2 is 1.03 bits per heavy atom. The minimum Gasteiger partial charge on any atom is -0.741 e. The van der Waals surface area contributed by atoms with Crippen molar-refractivity contribution in [2.75, 3.05) is 13.7 Å². The van der Waals surface area contributed by atoms with Crippen molar-refractivity contribution in [2.24, 2.45) is 5.92 Å². The number of allylic oxidation sites excluding steroid dienone is 1. The zero-order valence-electron chi connectivity index (χ0n) is 18.9. The maximum atomic E-state index is 10.7. The first-order chi connectivity index (χ1) is 13.7. The molecule has 242 valence electrons. The van der Waals surface area contributed by atoms with Crippen LogP contribution < -0.4 is 30.8 Å². The Balaban J connectivity index is -0.0000000400. The standard InChI is InChI=1S/C7H11O.3CHF3O3S.5H3N.Ru/c1-8-6-7-4-2-3-5-7;3*2-1(3,4)8(5,6)7;;;;;;/h2-4,7H,5-6H2,1H3;3*(H,5,6,7);5*1H3;/q+1;;;;;;;;;/p-1. The maximum Gasteiger partial charge on any atom is 0.522 e. The summed E-state index contributed by atoms with van der Waals surface area (Å²) >= 11 is 0. The fourth-order valence-corrected chi connectivity index (χ4v) is 0.905. The van der Waals surface area contributed by atoms with E-state index in [0.29, 0.717) is 5.92 Å². The molecule has 15 nitrogen and oxygen atoms in total. The molecule has 0 amide bonds. The molecule has 1 aliphatic rings. The van der Waals surface area contributed by atoms with E-state index in [9.17, 15) is 39.5 Å². The van der Waals surface area contributed by atoms with Gasteiger partial charge in [0, 0.05) is 39.1 Å². The van der Waals surface area contributed by atoms with Gasteiger partial charge < -0.3 is 40.0 Å². The van der Waals surface area contributed by atoms with Gasteiger partial charge in [-0.25, -0.2) is 8.42 Å². The van der Waals surface area contributed by atoms with Gasteiger partial charge in [0.15, 0.2) is 10.1 Å². The summed E-state index contributed by atoms with van der Waals surface area (Å²) in [5, 5.41) is 0. The molecule has 0 bridgehead atoms. The zero-order chi connectivity index (χ0) is 26.8. The predicted molar refractivity (Wildman–Crippen MR) is 109 cm³/mol. The van der Waals surface area contributed by atoms with Gasteiger partial charge in [0.1, 0.15) is 0 Å². The van der Waals surface area contributed by atoms with E-state index in [1.165, 1.54) is 0 Å². The summed E-state index contributed by atoms with van der Waals surface area (Å²) in [4.78, 5) is 0. The van der Waals surface area contributed by atoms with Crippen molar-refractivity contribution in [1.82, 2.24) is 30.8 Å². The Morgan fingerprint density at radius 1 is 0.789 bits per heavy atom. The average molecular weight is 747 g/mol. The average Bonchev–Trinajstić information content (AvgIpc) is 2.96. The molecule has 1 aliphatic carbocycles. The molecule has 28 heteroatoms. The van der Waals surface area contributed by atoms with Gasteiger partial charge in [0.05, 0.1) is 25.0 Å². The molecule has 0 fully saturated rings. The van der Waals surface area contributed by atoms with Gasteiger partial charge in [-0.05, 0) is 0 Å². The van der Waals surface area contributed by atoms with Crippen molar-refractivity contribution in [3.05, 3.63) is 18.6 Å². The number of alkyl halides is 9. The zero-order valence-corrected chi connectivity index (χ0v) is 23.1. The van der Waals surface area contributed by atoms with Crippen molar-refractivity contribution in [3.63, 3.8) is 0 Å². The van der Waals surface area contributed by atoms with Gasteiger partial charge >= 0.3 is 36.8 Å². The molecule has 0 saturated heterocycles. The van der Waals surface area contributed by atoms with Gasteiger partial charge in [-0.15, -0.1) is 0 Å². The predicted octanol–water partition coefficient (Wildman–Crippen LogP) is 3.06. The van der Waals surface area contributed by atoms with Gasteiger partial charge in [-0.3, -0.25) is 9.11 Å². The van der Waals surface area contributed by atoms with Crippen molar-refractivity contribution < 1.29 is 103 Å². The van der Waals surface area contributed by atoms with E-state index >= 15 is 0 Å². The molecule has 0 radical (unpaired) electrons. The quantitative estimate of drug-likeness (QED) is 0.0702. The SMILES string of the molecule is COCC1C=C[CH+]C1.N.N.N.N.N.O=S(=O)(O)C(F)(F)F.O=S(=O)(O)C(F)(F)F.O=S(=O)([O-])C(F)(F)F.[Ru]. The van der Waals surface area contributed by atoms with Crippen molar-refractivity contribution in [3.8, 4) is 0 Å². The third-order valence-electron chi connectivity index (χ3n) is 2.21.